The maximum Gasteiger partial charge on any atom is 0.321 e. The highest BCUT2D eigenvalue weighted by atomic mass is 16.7. The number of carbonyl (C=O) groups excluding carboxylic acids is 1. The minimum absolute atomic E-state index is 0.0143. The molecule has 2 aromatic rings. The Balaban J connectivity index is 1.26. The lowest BCUT2D eigenvalue weighted by atomic mass is 9.87. The van der Waals surface area contributed by atoms with Gasteiger partial charge in [-0.05, 0) is 60.6 Å². The van der Waals surface area contributed by atoms with E-state index >= 15 is 0 Å². The number of nitrogens with one attached hydrogen (secondary N) is 1. The second-order valence-corrected chi connectivity index (χ2v) is 7.75. The molecule has 1 aliphatic carbocycles. The summed E-state index contributed by atoms with van der Waals surface area (Å²) < 4.78 is 10.8. The third-order valence-corrected chi connectivity index (χ3v) is 6.08. The van der Waals surface area contributed by atoms with E-state index in [1.54, 1.807) is 4.90 Å². The van der Waals surface area contributed by atoms with Crippen molar-refractivity contribution in [3.8, 4) is 11.5 Å². The first kappa shape index (κ1) is 17.4. The Bertz CT molecular complexity index is 913. The third kappa shape index (κ3) is 3.07. The number of likely N-dealkylation sites (tertiary alicyclic amines) is 1. The molecule has 6 nitrogen and oxygen atoms in total. The summed E-state index contributed by atoms with van der Waals surface area (Å²) in [5.74, 6) is 1.45. The number of rotatable bonds is 2. The molecule has 2 aromatic carbocycles. The van der Waals surface area contributed by atoms with Crippen LogP contribution < -0.4 is 14.8 Å². The average Bonchev–Trinajstić information content (AvgIpc) is 3.37. The van der Waals surface area contributed by atoms with Crippen LogP contribution in [0.1, 0.15) is 35.4 Å². The van der Waals surface area contributed by atoms with Crippen molar-refractivity contribution in [2.24, 2.45) is 0 Å². The van der Waals surface area contributed by atoms with E-state index in [4.69, 9.17) is 9.47 Å². The summed E-state index contributed by atoms with van der Waals surface area (Å²) in [5.41, 5.74) is 4.52. The van der Waals surface area contributed by atoms with Crippen LogP contribution >= 0.6 is 0 Å². The molecule has 2 N–H and O–H groups in total. The Morgan fingerprint density at radius 1 is 1.14 bits per heavy atom. The molecule has 0 aromatic heterocycles. The van der Waals surface area contributed by atoms with Crippen LogP contribution in [0, 0.1) is 0 Å². The second-order valence-electron chi connectivity index (χ2n) is 7.75. The molecule has 0 spiro atoms. The first-order valence-electron chi connectivity index (χ1n) is 9.93. The smallest absolute Gasteiger partial charge is 0.321 e. The molecule has 0 unspecified atom stereocenters. The zero-order valence-electron chi connectivity index (χ0n) is 15.7. The Kier molecular flexibility index (Phi) is 4.36. The van der Waals surface area contributed by atoms with Crippen LogP contribution in [0.4, 0.5) is 10.5 Å². The van der Waals surface area contributed by atoms with Crippen molar-refractivity contribution in [2.75, 3.05) is 25.2 Å². The van der Waals surface area contributed by atoms with Crippen LogP contribution in [0.15, 0.2) is 36.4 Å². The van der Waals surface area contributed by atoms with Gasteiger partial charge in [0, 0.05) is 24.7 Å². The summed E-state index contributed by atoms with van der Waals surface area (Å²) in [5, 5.41) is 13.8. The fraction of sp³-hybridized carbons (Fsp3) is 0.409. The monoisotopic (exact) mass is 380 g/mol. The zero-order chi connectivity index (χ0) is 19.1. The lowest BCUT2D eigenvalue weighted by molar-refractivity contribution is 0.0687. The fourth-order valence-electron chi connectivity index (χ4n) is 4.58. The molecule has 6 heteroatoms. The fourth-order valence-corrected chi connectivity index (χ4v) is 4.58. The van der Waals surface area contributed by atoms with Crippen molar-refractivity contribution in [1.29, 1.82) is 0 Å². The number of nitrogens with zero attached hydrogens (tertiary/aromatic N) is 1. The number of amides is 2. The SMILES string of the molecule is O=C(Nc1cccc2c1CCC2)N1CC[C@@H](c2ccc3c(c2)OCO3)[C@H](O)C1. The quantitative estimate of drug-likeness (QED) is 0.839. The number of benzene rings is 2. The molecular formula is C22H24N2O4. The summed E-state index contributed by atoms with van der Waals surface area (Å²) in [6, 6.07) is 11.8. The Labute approximate surface area is 164 Å². The van der Waals surface area contributed by atoms with Crippen molar-refractivity contribution in [3.05, 3.63) is 53.1 Å². The van der Waals surface area contributed by atoms with E-state index in [0.717, 1.165) is 42.0 Å². The van der Waals surface area contributed by atoms with Gasteiger partial charge in [0.15, 0.2) is 11.5 Å². The number of aliphatic hydroxyl groups excluding tert-OH is 1. The Hall–Kier alpha value is -2.73. The van der Waals surface area contributed by atoms with Gasteiger partial charge in [0.1, 0.15) is 0 Å². The summed E-state index contributed by atoms with van der Waals surface area (Å²) in [6.45, 7) is 1.17. The van der Waals surface area contributed by atoms with Gasteiger partial charge in [-0.25, -0.2) is 4.79 Å². The minimum Gasteiger partial charge on any atom is -0.454 e. The average molecular weight is 380 g/mol. The van der Waals surface area contributed by atoms with Crippen molar-refractivity contribution < 1.29 is 19.4 Å². The Morgan fingerprint density at radius 3 is 2.93 bits per heavy atom. The van der Waals surface area contributed by atoms with Gasteiger partial charge in [-0.2, -0.15) is 0 Å². The van der Waals surface area contributed by atoms with Gasteiger partial charge in [-0.3, -0.25) is 0 Å². The number of hydrogen-bond acceptors (Lipinski definition) is 4. The van der Waals surface area contributed by atoms with E-state index in [1.165, 1.54) is 11.1 Å². The van der Waals surface area contributed by atoms with Crippen LogP contribution in [0.5, 0.6) is 11.5 Å². The summed E-state index contributed by atoms with van der Waals surface area (Å²) >= 11 is 0. The molecule has 3 aliphatic rings. The third-order valence-electron chi connectivity index (χ3n) is 6.08. The number of aliphatic hydroxyl groups is 1. The predicted molar refractivity (Wildman–Crippen MR) is 105 cm³/mol. The Morgan fingerprint density at radius 2 is 2.04 bits per heavy atom. The highest BCUT2D eigenvalue weighted by Crippen LogP contribution is 2.37. The number of hydrogen-bond donors (Lipinski definition) is 2. The van der Waals surface area contributed by atoms with Crippen LogP contribution in [-0.2, 0) is 12.8 Å². The summed E-state index contributed by atoms with van der Waals surface area (Å²) in [6.07, 6.45) is 3.34. The number of urea groups is 1. The van der Waals surface area contributed by atoms with E-state index < -0.39 is 6.10 Å². The highest BCUT2D eigenvalue weighted by molar-refractivity contribution is 5.90. The lowest BCUT2D eigenvalue weighted by Crippen LogP contribution is -2.47. The van der Waals surface area contributed by atoms with Crippen molar-refractivity contribution >= 4 is 11.7 Å². The van der Waals surface area contributed by atoms with E-state index in [1.807, 2.05) is 30.3 Å². The van der Waals surface area contributed by atoms with Crippen LogP contribution in [0.25, 0.3) is 0 Å². The van der Waals surface area contributed by atoms with Gasteiger partial charge in [-0.1, -0.05) is 18.2 Å². The molecule has 5 rings (SSSR count). The van der Waals surface area contributed by atoms with E-state index in [2.05, 4.69) is 11.4 Å². The topological polar surface area (TPSA) is 71.0 Å². The van der Waals surface area contributed by atoms with Gasteiger partial charge < -0.3 is 24.8 Å². The molecule has 0 bridgehead atoms. The van der Waals surface area contributed by atoms with Gasteiger partial charge in [-0.15, -0.1) is 0 Å². The predicted octanol–water partition coefficient (Wildman–Crippen LogP) is 3.29. The van der Waals surface area contributed by atoms with Crippen molar-refractivity contribution in [3.63, 3.8) is 0 Å². The van der Waals surface area contributed by atoms with Gasteiger partial charge >= 0.3 is 6.03 Å². The standard InChI is InChI=1S/C22H24N2O4/c25-19-12-24(22(26)23-18-6-2-4-14-3-1-5-16(14)18)10-9-17(19)15-7-8-20-21(11-15)28-13-27-20/h2,4,6-8,11,17,19,25H,1,3,5,9-10,12-13H2,(H,23,26)/t17-,19+/m0/s1. The molecule has 1 saturated heterocycles. The molecule has 28 heavy (non-hydrogen) atoms. The van der Waals surface area contributed by atoms with Crippen molar-refractivity contribution in [1.82, 2.24) is 4.90 Å². The number of ether oxygens (including phenoxy) is 2. The van der Waals surface area contributed by atoms with Crippen LogP contribution in [0.3, 0.4) is 0 Å². The molecule has 1 fully saturated rings. The number of aryl methyl sites for hydroxylation is 1. The molecule has 2 aliphatic heterocycles. The number of β-amino-alcohol motifs (C(OH)–C–C–N with tert-alkyl or cyclic N) is 1. The molecule has 0 saturated carbocycles. The number of fused-ring (bicyclic) bond motifs is 2. The maximum absolute atomic E-state index is 12.8. The van der Waals surface area contributed by atoms with Crippen LogP contribution in [0.2, 0.25) is 0 Å². The first-order valence-corrected chi connectivity index (χ1v) is 9.93. The molecule has 2 atom stereocenters. The van der Waals surface area contributed by atoms with Crippen LogP contribution in [-0.4, -0.2) is 42.0 Å². The van der Waals surface area contributed by atoms with Crippen molar-refractivity contribution in [2.45, 2.75) is 37.7 Å². The first-order chi connectivity index (χ1) is 13.7. The number of carbonyl (C=O) groups is 1. The van der Waals surface area contributed by atoms with Gasteiger partial charge in [0.05, 0.1) is 6.10 Å². The maximum atomic E-state index is 12.8. The lowest BCUT2D eigenvalue weighted by Gasteiger charge is -2.36. The second kappa shape index (κ2) is 7.02. The summed E-state index contributed by atoms with van der Waals surface area (Å²) in [7, 11) is 0. The van der Waals surface area contributed by atoms with E-state index in [-0.39, 0.29) is 18.7 Å². The van der Waals surface area contributed by atoms with Gasteiger partial charge in [0.25, 0.3) is 0 Å². The molecular weight excluding hydrogens is 356 g/mol. The summed E-state index contributed by atoms with van der Waals surface area (Å²) in [4.78, 5) is 14.5. The molecule has 146 valence electrons. The zero-order valence-corrected chi connectivity index (χ0v) is 15.7. The molecule has 0 radical (unpaired) electrons. The minimum atomic E-state index is -0.610. The number of piperidine rings is 1. The normalized spacial score (nSPS) is 22.8. The molecule has 2 amide bonds. The largest absolute Gasteiger partial charge is 0.454 e. The molecule has 2 heterocycles. The van der Waals surface area contributed by atoms with E-state index in [0.29, 0.717) is 19.5 Å². The van der Waals surface area contributed by atoms with E-state index in [9.17, 15) is 9.90 Å². The van der Waals surface area contributed by atoms with Gasteiger partial charge in [0.2, 0.25) is 6.79 Å². The highest BCUT2D eigenvalue weighted by Gasteiger charge is 2.32. The number of anilines is 1.